The van der Waals surface area contributed by atoms with Gasteiger partial charge in [-0.1, -0.05) is 6.92 Å². The topological polar surface area (TPSA) is 109 Å². The number of anilines is 1. The van der Waals surface area contributed by atoms with Crippen molar-refractivity contribution in [1.29, 1.82) is 0 Å². The first-order valence-electron chi connectivity index (χ1n) is 11.5. The summed E-state index contributed by atoms with van der Waals surface area (Å²) in [5, 5.41) is 17.2. The van der Waals surface area contributed by atoms with Gasteiger partial charge in [-0.3, -0.25) is 4.98 Å². The van der Waals surface area contributed by atoms with Crippen molar-refractivity contribution in [3.63, 3.8) is 0 Å². The summed E-state index contributed by atoms with van der Waals surface area (Å²) >= 11 is 0. The minimum absolute atomic E-state index is 0.0570. The molecule has 0 aromatic carbocycles. The number of sulfone groups is 1. The minimum Gasteiger partial charge on any atom is -0.393 e. The number of nitrogens with zero attached hydrogens (tertiary/aromatic N) is 4. The predicted molar refractivity (Wildman–Crippen MR) is 125 cm³/mol. The Balaban J connectivity index is 1.78. The van der Waals surface area contributed by atoms with Gasteiger partial charge < -0.3 is 10.4 Å². The molecule has 3 heterocycles. The van der Waals surface area contributed by atoms with Gasteiger partial charge in [-0.05, 0) is 44.7 Å². The number of hydrogen-bond donors (Lipinski definition) is 2. The Bertz CT molecular complexity index is 1300. The molecule has 1 fully saturated rings. The molecule has 0 aliphatic heterocycles. The molecular weight excluding hydrogens is 483 g/mol. The van der Waals surface area contributed by atoms with Gasteiger partial charge in [0, 0.05) is 41.2 Å². The Morgan fingerprint density at radius 2 is 1.89 bits per heavy atom. The van der Waals surface area contributed by atoms with E-state index in [4.69, 9.17) is 0 Å². The Morgan fingerprint density at radius 1 is 1.17 bits per heavy atom. The van der Waals surface area contributed by atoms with Crippen molar-refractivity contribution >= 4 is 21.3 Å². The van der Waals surface area contributed by atoms with Crippen LogP contribution in [0.25, 0.3) is 16.6 Å². The molecule has 3 aromatic heterocycles. The van der Waals surface area contributed by atoms with Gasteiger partial charge in [0.25, 0.3) is 0 Å². The standard InChI is InChI=1S/C23H28F3N5O3S/c1-3-35(33,34)18-8-16(11-27-12-18)19-9-20(15-4-6-17(32)7-5-15)31-21(19)13-28-22(30-31)29-14(2)10-23(24,25)26/h8-9,11-15,17,32H,3-7,10H2,1-2H3,(H,29,30)/t14-,15?,17?/m0/s1. The summed E-state index contributed by atoms with van der Waals surface area (Å²) in [7, 11) is -3.47. The zero-order valence-electron chi connectivity index (χ0n) is 19.5. The van der Waals surface area contributed by atoms with Crippen LogP contribution < -0.4 is 5.32 Å². The fourth-order valence-electron chi connectivity index (χ4n) is 4.50. The number of halogens is 3. The Hall–Kier alpha value is -2.73. The van der Waals surface area contributed by atoms with Crippen molar-refractivity contribution in [2.45, 2.75) is 75.1 Å². The van der Waals surface area contributed by atoms with Crippen LogP contribution in [0.15, 0.2) is 35.6 Å². The van der Waals surface area contributed by atoms with Crippen molar-refractivity contribution in [1.82, 2.24) is 19.6 Å². The lowest BCUT2D eigenvalue weighted by Gasteiger charge is -2.25. The quantitative estimate of drug-likeness (QED) is 0.485. The van der Waals surface area contributed by atoms with Crippen LogP contribution in [0.2, 0.25) is 0 Å². The number of hydrogen-bond acceptors (Lipinski definition) is 7. The van der Waals surface area contributed by atoms with Crippen molar-refractivity contribution in [3.05, 3.63) is 36.4 Å². The first-order valence-corrected chi connectivity index (χ1v) is 13.2. The van der Waals surface area contributed by atoms with E-state index < -0.39 is 28.5 Å². The molecule has 4 rings (SSSR count). The average molecular weight is 512 g/mol. The zero-order valence-corrected chi connectivity index (χ0v) is 20.3. The van der Waals surface area contributed by atoms with Gasteiger partial charge >= 0.3 is 6.18 Å². The number of fused-ring (bicyclic) bond motifs is 1. The second kappa shape index (κ2) is 9.73. The highest BCUT2D eigenvalue weighted by molar-refractivity contribution is 7.91. The van der Waals surface area contributed by atoms with E-state index in [1.807, 2.05) is 6.07 Å². The van der Waals surface area contributed by atoms with Gasteiger partial charge in [0.1, 0.15) is 0 Å². The first-order chi connectivity index (χ1) is 16.5. The summed E-state index contributed by atoms with van der Waals surface area (Å²) in [5.74, 6) is 0.0814. The summed E-state index contributed by atoms with van der Waals surface area (Å²) in [5.41, 5.74) is 2.68. The van der Waals surface area contributed by atoms with E-state index in [1.165, 1.54) is 19.3 Å². The molecule has 1 saturated carbocycles. The molecule has 8 nitrogen and oxygen atoms in total. The maximum atomic E-state index is 12.8. The van der Waals surface area contributed by atoms with Crippen LogP contribution in [0.1, 0.15) is 57.6 Å². The SMILES string of the molecule is CCS(=O)(=O)c1cncc(-c2cc(C3CCC(O)CC3)n3nc(N[C@@H](C)CC(F)(F)F)ncc23)c1. The fourth-order valence-corrected chi connectivity index (χ4v) is 5.36. The molecule has 0 amide bonds. The normalized spacial score (nSPS) is 20.2. The number of nitrogens with one attached hydrogen (secondary N) is 1. The maximum Gasteiger partial charge on any atom is 0.391 e. The molecule has 190 valence electrons. The maximum absolute atomic E-state index is 12.8. The van der Waals surface area contributed by atoms with E-state index >= 15 is 0 Å². The summed E-state index contributed by atoms with van der Waals surface area (Å²) in [6.07, 6.45) is 1.43. The molecule has 35 heavy (non-hydrogen) atoms. The van der Waals surface area contributed by atoms with E-state index in [2.05, 4.69) is 20.4 Å². The Labute approximate surface area is 201 Å². The van der Waals surface area contributed by atoms with Gasteiger partial charge in [0.2, 0.25) is 5.95 Å². The second-order valence-corrected chi connectivity index (χ2v) is 11.3. The zero-order chi connectivity index (χ0) is 25.4. The van der Waals surface area contributed by atoms with E-state index in [0.717, 1.165) is 18.5 Å². The van der Waals surface area contributed by atoms with Gasteiger partial charge in [-0.15, -0.1) is 5.10 Å². The molecular formula is C23H28F3N5O3S. The molecule has 1 aliphatic rings. The van der Waals surface area contributed by atoms with Crippen molar-refractivity contribution in [2.24, 2.45) is 0 Å². The lowest BCUT2D eigenvalue weighted by Crippen LogP contribution is -2.25. The number of alkyl halides is 3. The molecule has 0 spiro atoms. The van der Waals surface area contributed by atoms with E-state index in [-0.39, 0.29) is 28.6 Å². The van der Waals surface area contributed by atoms with Crippen LogP contribution in [0.4, 0.5) is 19.1 Å². The van der Waals surface area contributed by atoms with E-state index in [0.29, 0.717) is 29.5 Å². The summed E-state index contributed by atoms with van der Waals surface area (Å²) in [6, 6.07) is 2.55. The van der Waals surface area contributed by atoms with Crippen LogP contribution in [0.3, 0.4) is 0 Å². The molecule has 0 saturated heterocycles. The Kier molecular flexibility index (Phi) is 7.05. The number of aromatic nitrogens is 4. The third kappa shape index (κ3) is 5.75. The predicted octanol–water partition coefficient (Wildman–Crippen LogP) is 4.36. The lowest BCUT2D eigenvalue weighted by molar-refractivity contribution is -0.136. The fraction of sp³-hybridized carbons (Fsp3) is 0.522. The Morgan fingerprint density at radius 3 is 2.54 bits per heavy atom. The molecule has 0 radical (unpaired) electrons. The van der Waals surface area contributed by atoms with Gasteiger partial charge in [-0.2, -0.15) is 13.2 Å². The van der Waals surface area contributed by atoms with Crippen molar-refractivity contribution in [2.75, 3.05) is 11.1 Å². The van der Waals surface area contributed by atoms with Crippen LogP contribution >= 0.6 is 0 Å². The monoisotopic (exact) mass is 511 g/mol. The molecule has 1 aliphatic carbocycles. The highest BCUT2D eigenvalue weighted by atomic mass is 32.2. The van der Waals surface area contributed by atoms with E-state index in [1.54, 1.807) is 23.7 Å². The smallest absolute Gasteiger partial charge is 0.391 e. The summed E-state index contributed by atoms with van der Waals surface area (Å²) in [6.45, 7) is 2.98. The molecule has 2 N–H and O–H groups in total. The summed E-state index contributed by atoms with van der Waals surface area (Å²) in [4.78, 5) is 8.47. The second-order valence-electron chi connectivity index (χ2n) is 9.04. The number of rotatable bonds is 7. The third-order valence-corrected chi connectivity index (χ3v) is 8.04. The van der Waals surface area contributed by atoms with Crippen molar-refractivity contribution in [3.8, 4) is 11.1 Å². The van der Waals surface area contributed by atoms with Crippen LogP contribution in [0.5, 0.6) is 0 Å². The molecule has 1 atom stereocenters. The minimum atomic E-state index is -4.32. The van der Waals surface area contributed by atoms with Crippen LogP contribution in [-0.4, -0.2) is 57.2 Å². The molecule has 0 unspecified atom stereocenters. The number of aliphatic hydroxyl groups is 1. The molecule has 3 aromatic rings. The molecule has 12 heteroatoms. The average Bonchev–Trinajstić information content (AvgIpc) is 3.17. The highest BCUT2D eigenvalue weighted by Gasteiger charge is 2.31. The highest BCUT2D eigenvalue weighted by Crippen LogP contribution is 2.38. The largest absolute Gasteiger partial charge is 0.393 e. The number of aliphatic hydroxyl groups excluding tert-OH is 1. The van der Waals surface area contributed by atoms with Crippen LogP contribution in [0, 0.1) is 0 Å². The van der Waals surface area contributed by atoms with Gasteiger partial charge in [0.05, 0.1) is 34.9 Å². The molecule has 0 bridgehead atoms. The summed E-state index contributed by atoms with van der Waals surface area (Å²) < 4.78 is 64.8. The van der Waals surface area contributed by atoms with E-state index in [9.17, 15) is 26.7 Å². The lowest BCUT2D eigenvalue weighted by atomic mass is 9.85. The van der Waals surface area contributed by atoms with Gasteiger partial charge in [0.15, 0.2) is 9.84 Å². The number of pyridine rings is 1. The van der Waals surface area contributed by atoms with Crippen molar-refractivity contribution < 1.29 is 26.7 Å². The third-order valence-electron chi connectivity index (χ3n) is 6.34. The van der Waals surface area contributed by atoms with Crippen LogP contribution in [-0.2, 0) is 9.84 Å². The first kappa shape index (κ1) is 25.4. The van der Waals surface area contributed by atoms with Gasteiger partial charge in [-0.25, -0.2) is 17.9 Å².